The van der Waals surface area contributed by atoms with Crippen LogP contribution in [-0.4, -0.2) is 58.0 Å². The maximum atomic E-state index is 11.5. The number of carbonyl (C=O) groups is 3. The first-order valence-electron chi connectivity index (χ1n) is 7.58. The van der Waals surface area contributed by atoms with Gasteiger partial charge in [-0.2, -0.15) is 5.10 Å². The average Bonchev–Trinajstić information content (AvgIpc) is 2.63. The number of nitrogens with one attached hydrogen (secondary N) is 2. The number of nitrogens with zero attached hydrogens (tertiary/aromatic N) is 1. The fourth-order valence-electron chi connectivity index (χ4n) is 1.74. The summed E-state index contributed by atoms with van der Waals surface area (Å²) in [6.45, 7) is 0.179. The fourth-order valence-corrected chi connectivity index (χ4v) is 1.74. The third-order valence-corrected chi connectivity index (χ3v) is 2.93. The van der Waals surface area contributed by atoms with Crippen LogP contribution in [0.15, 0.2) is 23.3 Å². The lowest BCUT2D eigenvalue weighted by atomic mass is 10.2. The lowest BCUT2D eigenvalue weighted by Crippen LogP contribution is -2.38. The Morgan fingerprint density at radius 1 is 1.19 bits per heavy atom. The van der Waals surface area contributed by atoms with Crippen LogP contribution in [0, 0.1) is 0 Å². The van der Waals surface area contributed by atoms with Crippen LogP contribution in [-0.2, 0) is 19.1 Å². The molecular formula is C16H20N3O7-. The highest BCUT2D eigenvalue weighted by Gasteiger charge is 2.11. The normalized spacial score (nSPS) is 10.4. The van der Waals surface area contributed by atoms with Gasteiger partial charge in [0, 0.05) is 20.3 Å². The van der Waals surface area contributed by atoms with Crippen molar-refractivity contribution < 1.29 is 33.7 Å². The molecule has 0 spiro atoms. The summed E-state index contributed by atoms with van der Waals surface area (Å²) in [5.74, 6) is -2.58. The first-order valence-corrected chi connectivity index (χ1v) is 7.58. The lowest BCUT2D eigenvalue weighted by Gasteiger charge is -2.11. The summed E-state index contributed by atoms with van der Waals surface area (Å²) in [4.78, 5) is 33.5. The van der Waals surface area contributed by atoms with Crippen molar-refractivity contribution in [2.45, 2.75) is 6.42 Å². The van der Waals surface area contributed by atoms with E-state index in [-0.39, 0.29) is 11.5 Å². The van der Waals surface area contributed by atoms with Gasteiger partial charge >= 0.3 is 11.8 Å². The van der Waals surface area contributed by atoms with Gasteiger partial charge in [0.1, 0.15) is 6.61 Å². The van der Waals surface area contributed by atoms with Gasteiger partial charge in [0.25, 0.3) is 0 Å². The minimum absolute atomic E-state index is 0.216. The SMILES string of the molecule is COCCCNC(=O)C(=O)N/N=C\c1ccc(OCC(=O)[O-])c(OC)c1. The highest BCUT2D eigenvalue weighted by Crippen LogP contribution is 2.27. The van der Waals surface area contributed by atoms with E-state index in [2.05, 4.69) is 15.8 Å². The number of hydrogen-bond acceptors (Lipinski definition) is 8. The van der Waals surface area contributed by atoms with E-state index >= 15 is 0 Å². The second kappa shape index (κ2) is 11.4. The number of aliphatic carboxylic acids is 1. The molecule has 0 radical (unpaired) electrons. The summed E-state index contributed by atoms with van der Waals surface area (Å²) in [6.07, 6.45) is 1.88. The molecule has 0 saturated heterocycles. The van der Waals surface area contributed by atoms with Crippen LogP contribution in [0.2, 0.25) is 0 Å². The number of hydrogen-bond donors (Lipinski definition) is 2. The molecule has 10 heteroatoms. The molecule has 1 rings (SSSR count). The summed E-state index contributed by atoms with van der Waals surface area (Å²) in [5.41, 5.74) is 2.62. The molecule has 10 nitrogen and oxygen atoms in total. The van der Waals surface area contributed by atoms with Crippen LogP contribution in [0.5, 0.6) is 11.5 Å². The maximum absolute atomic E-state index is 11.5. The topological polar surface area (TPSA) is 138 Å². The third-order valence-electron chi connectivity index (χ3n) is 2.93. The van der Waals surface area contributed by atoms with Crippen molar-refractivity contribution in [3.8, 4) is 11.5 Å². The van der Waals surface area contributed by atoms with Gasteiger partial charge < -0.3 is 29.4 Å². The largest absolute Gasteiger partial charge is 0.546 e. The van der Waals surface area contributed by atoms with Crippen LogP contribution in [0.3, 0.4) is 0 Å². The molecule has 142 valence electrons. The van der Waals surface area contributed by atoms with E-state index in [0.29, 0.717) is 25.1 Å². The molecular weight excluding hydrogens is 346 g/mol. The van der Waals surface area contributed by atoms with E-state index in [0.717, 1.165) is 0 Å². The van der Waals surface area contributed by atoms with Gasteiger partial charge in [0.2, 0.25) is 0 Å². The van der Waals surface area contributed by atoms with Crippen molar-refractivity contribution in [2.24, 2.45) is 5.10 Å². The number of carbonyl (C=O) groups excluding carboxylic acids is 3. The molecule has 0 atom stereocenters. The molecule has 0 aliphatic rings. The van der Waals surface area contributed by atoms with E-state index in [1.165, 1.54) is 25.5 Å². The van der Waals surface area contributed by atoms with Crippen LogP contribution in [0.1, 0.15) is 12.0 Å². The second-order valence-corrected chi connectivity index (χ2v) is 4.87. The molecule has 2 amide bonds. The summed E-state index contributed by atoms with van der Waals surface area (Å²) in [6, 6.07) is 4.56. The average molecular weight is 366 g/mol. The van der Waals surface area contributed by atoms with E-state index < -0.39 is 24.4 Å². The summed E-state index contributed by atoms with van der Waals surface area (Å²) in [5, 5.41) is 16.5. The zero-order valence-corrected chi connectivity index (χ0v) is 14.4. The van der Waals surface area contributed by atoms with Crippen molar-refractivity contribution in [1.82, 2.24) is 10.7 Å². The fraction of sp³-hybridized carbons (Fsp3) is 0.375. The van der Waals surface area contributed by atoms with Crippen molar-refractivity contribution in [1.29, 1.82) is 0 Å². The number of rotatable bonds is 10. The minimum atomic E-state index is -1.36. The number of benzene rings is 1. The number of carboxylic acids is 1. The zero-order valence-electron chi connectivity index (χ0n) is 14.4. The van der Waals surface area contributed by atoms with Gasteiger partial charge in [0.15, 0.2) is 11.5 Å². The molecule has 0 fully saturated rings. The molecule has 1 aromatic carbocycles. The van der Waals surface area contributed by atoms with Crippen molar-refractivity contribution in [2.75, 3.05) is 34.0 Å². The summed E-state index contributed by atoms with van der Waals surface area (Å²) in [7, 11) is 2.93. The maximum Gasteiger partial charge on any atom is 0.329 e. The predicted molar refractivity (Wildman–Crippen MR) is 88.7 cm³/mol. The van der Waals surface area contributed by atoms with Crippen LogP contribution in [0.4, 0.5) is 0 Å². The number of carboxylic acid groups (broad SMARTS) is 1. The van der Waals surface area contributed by atoms with Crippen molar-refractivity contribution in [3.05, 3.63) is 23.8 Å². The molecule has 1 aromatic rings. The predicted octanol–water partition coefficient (Wildman–Crippen LogP) is -1.57. The van der Waals surface area contributed by atoms with Crippen LogP contribution < -0.4 is 25.3 Å². The Morgan fingerprint density at radius 3 is 2.62 bits per heavy atom. The molecule has 0 unspecified atom stereocenters. The van der Waals surface area contributed by atoms with Gasteiger partial charge in [-0.1, -0.05) is 0 Å². The van der Waals surface area contributed by atoms with Crippen molar-refractivity contribution >= 4 is 24.0 Å². The highest BCUT2D eigenvalue weighted by atomic mass is 16.5. The number of hydrazone groups is 1. The minimum Gasteiger partial charge on any atom is -0.546 e. The lowest BCUT2D eigenvalue weighted by molar-refractivity contribution is -0.307. The van der Waals surface area contributed by atoms with E-state index in [4.69, 9.17) is 14.2 Å². The molecule has 0 aliphatic heterocycles. The van der Waals surface area contributed by atoms with E-state index in [1.807, 2.05) is 0 Å². The Kier molecular flexibility index (Phi) is 9.18. The van der Waals surface area contributed by atoms with Gasteiger partial charge in [-0.3, -0.25) is 9.59 Å². The molecule has 0 aliphatic carbocycles. The van der Waals surface area contributed by atoms with Crippen LogP contribution >= 0.6 is 0 Å². The Morgan fingerprint density at radius 2 is 1.96 bits per heavy atom. The Bertz CT molecular complexity index is 661. The molecule has 2 N–H and O–H groups in total. The van der Waals surface area contributed by atoms with Gasteiger partial charge in [-0.25, -0.2) is 5.43 Å². The second-order valence-electron chi connectivity index (χ2n) is 4.87. The molecule has 26 heavy (non-hydrogen) atoms. The molecule has 0 saturated carbocycles. The molecule has 0 bridgehead atoms. The van der Waals surface area contributed by atoms with Crippen LogP contribution in [0.25, 0.3) is 0 Å². The molecule has 0 aromatic heterocycles. The van der Waals surface area contributed by atoms with E-state index in [9.17, 15) is 19.5 Å². The summed E-state index contributed by atoms with van der Waals surface area (Å²) >= 11 is 0. The highest BCUT2D eigenvalue weighted by molar-refractivity contribution is 6.35. The van der Waals surface area contributed by atoms with Crippen molar-refractivity contribution in [3.63, 3.8) is 0 Å². The van der Waals surface area contributed by atoms with E-state index in [1.54, 1.807) is 13.2 Å². The van der Waals surface area contributed by atoms with Gasteiger partial charge in [-0.15, -0.1) is 0 Å². The Hall–Kier alpha value is -3.14. The first kappa shape index (κ1) is 20.9. The standard InChI is InChI=1S/C16H21N3O7/c1-24-7-3-6-17-15(22)16(23)19-18-9-11-4-5-12(13(8-11)25-2)26-10-14(20)21/h4-5,8-9H,3,6-7,10H2,1-2H3,(H,17,22)(H,19,23)(H,20,21)/p-1/b18-9-. The van der Waals surface area contributed by atoms with Gasteiger partial charge in [0.05, 0.1) is 19.3 Å². The first-order chi connectivity index (χ1) is 12.5. The quantitative estimate of drug-likeness (QED) is 0.221. The monoisotopic (exact) mass is 366 g/mol. The summed E-state index contributed by atoms with van der Waals surface area (Å²) < 4.78 is 14.9. The van der Waals surface area contributed by atoms with Gasteiger partial charge in [-0.05, 0) is 30.2 Å². The Balaban J connectivity index is 2.55. The third kappa shape index (κ3) is 7.62. The number of methoxy groups -OCH3 is 2. The smallest absolute Gasteiger partial charge is 0.329 e. The number of ether oxygens (including phenoxy) is 3. The zero-order chi connectivity index (χ0) is 19.4. The number of amides is 2. The Labute approximate surface area is 150 Å². The molecule has 0 heterocycles.